The van der Waals surface area contributed by atoms with Gasteiger partial charge in [-0.25, -0.2) is 4.79 Å². The topological polar surface area (TPSA) is 152 Å². The molecule has 0 N–H and O–H groups in total. The summed E-state index contributed by atoms with van der Waals surface area (Å²) < 4.78 is 33.9. The van der Waals surface area contributed by atoms with Gasteiger partial charge in [0.05, 0.1) is 30.6 Å². The van der Waals surface area contributed by atoms with Crippen molar-refractivity contribution in [3.8, 4) is 11.1 Å². The van der Waals surface area contributed by atoms with E-state index in [0.29, 0.717) is 59.6 Å². The van der Waals surface area contributed by atoms with Gasteiger partial charge in [0.15, 0.2) is 17.1 Å². The number of anilines is 1. The zero-order valence-corrected chi connectivity index (χ0v) is 30.6. The van der Waals surface area contributed by atoms with Crippen LogP contribution in [0.3, 0.4) is 0 Å². The van der Waals surface area contributed by atoms with E-state index in [1.807, 2.05) is 62.4 Å². The molecule has 5 atom stereocenters. The van der Waals surface area contributed by atoms with Gasteiger partial charge in [-0.2, -0.15) is 0 Å². The number of Topliss-reactive ketones (excluding diaryl/α,β-unsaturated/α-hetero) is 2. The monoisotopic (exact) mass is 735 g/mol. The van der Waals surface area contributed by atoms with Gasteiger partial charge in [-0.3, -0.25) is 19.2 Å². The number of benzene rings is 2. The van der Waals surface area contributed by atoms with Gasteiger partial charge in [-0.15, -0.1) is 0 Å². The highest BCUT2D eigenvalue weighted by Gasteiger charge is 2.64. The smallest absolute Gasteiger partial charge is 0.342 e. The van der Waals surface area contributed by atoms with Crippen LogP contribution in [0.1, 0.15) is 66.5 Å². The van der Waals surface area contributed by atoms with E-state index in [2.05, 4.69) is 4.90 Å². The quantitative estimate of drug-likeness (QED) is 0.227. The van der Waals surface area contributed by atoms with Gasteiger partial charge < -0.3 is 32.7 Å². The molecule has 1 saturated heterocycles. The number of rotatable bonds is 5. The average molecular weight is 736 g/mol. The molecule has 0 spiro atoms. The first-order valence-corrected chi connectivity index (χ1v) is 18.2. The van der Waals surface area contributed by atoms with Crippen LogP contribution in [0.4, 0.5) is 5.88 Å². The van der Waals surface area contributed by atoms with Crippen molar-refractivity contribution < 1.29 is 47.0 Å². The number of hydrogen-bond acceptors (Lipinski definition) is 12. The molecule has 4 heterocycles. The number of para-hydroxylation sites is 1. The molecule has 280 valence electrons. The molecule has 0 radical (unpaired) electrons. The lowest BCUT2D eigenvalue weighted by Crippen LogP contribution is -2.57. The van der Waals surface area contributed by atoms with Gasteiger partial charge in [-0.1, -0.05) is 49.4 Å². The van der Waals surface area contributed by atoms with Crippen molar-refractivity contribution in [1.82, 2.24) is 0 Å². The van der Waals surface area contributed by atoms with Gasteiger partial charge in [0, 0.05) is 74.1 Å². The highest BCUT2D eigenvalue weighted by atomic mass is 16.6. The van der Waals surface area contributed by atoms with Gasteiger partial charge >= 0.3 is 11.9 Å². The van der Waals surface area contributed by atoms with Crippen molar-refractivity contribution in [1.29, 1.82) is 0 Å². The molecule has 2 aromatic heterocycles. The lowest BCUT2D eigenvalue weighted by Gasteiger charge is -2.51. The van der Waals surface area contributed by atoms with Gasteiger partial charge in [0.25, 0.3) is 0 Å². The maximum Gasteiger partial charge on any atom is 0.342 e. The SMILES string of the molecule is COC[C@H]1OC(=O)c2coc3c2[C@@]1(C)C1=C(C3=O)C2CCC(=O)[C@@]2(C)C[C@H]1OC(C)=O.O=c1cc(N2CCOCC2)oc2c(-c3ccccc3)cccc12. The lowest BCUT2D eigenvalue weighted by atomic mass is 9.54. The molecule has 9 rings (SSSR count). The van der Waals surface area contributed by atoms with E-state index in [1.165, 1.54) is 20.3 Å². The van der Waals surface area contributed by atoms with E-state index in [0.717, 1.165) is 24.2 Å². The summed E-state index contributed by atoms with van der Waals surface area (Å²) >= 11 is 0. The minimum atomic E-state index is -0.988. The zero-order valence-electron chi connectivity index (χ0n) is 30.6. The third-order valence-corrected chi connectivity index (χ3v) is 11.8. The van der Waals surface area contributed by atoms with Crippen LogP contribution in [0.2, 0.25) is 0 Å². The highest BCUT2D eigenvalue weighted by molar-refractivity contribution is 6.14. The average Bonchev–Trinajstić information content (AvgIpc) is 3.75. The Balaban J connectivity index is 0.000000160. The molecule has 2 fully saturated rings. The van der Waals surface area contributed by atoms with E-state index in [-0.39, 0.29) is 47.3 Å². The summed E-state index contributed by atoms with van der Waals surface area (Å²) in [5.74, 6) is -0.963. The van der Waals surface area contributed by atoms with Crippen molar-refractivity contribution >= 4 is 40.4 Å². The van der Waals surface area contributed by atoms with Crippen LogP contribution in [0.15, 0.2) is 85.6 Å². The molecule has 2 aromatic carbocycles. The number of cyclic esters (lactones) is 1. The summed E-state index contributed by atoms with van der Waals surface area (Å²) in [5, 5.41) is 0.614. The fourth-order valence-electron chi connectivity index (χ4n) is 9.23. The summed E-state index contributed by atoms with van der Waals surface area (Å²) in [5.41, 5.74) is 2.55. The van der Waals surface area contributed by atoms with Crippen molar-refractivity contribution in [2.75, 3.05) is 44.9 Å². The standard InChI is InChI=1S/C23H24O8.C19H17NO3/c1-10(24)30-13-7-22(2)12(5-6-14(22)25)16-18(13)23(3)15(9-28-4)31-21(27)11-8-29-20(17(11)23)19(16)26;21-17-13-18(20-9-11-22-12-10-20)23-19-15(7-4-8-16(17)19)14-5-2-1-3-6-14/h8,12-13,15H,5-7,9H2,1-4H3;1-8,13H,9-12H2/t12?,13-,15-,22+,23+;/m1./s1. The summed E-state index contributed by atoms with van der Waals surface area (Å²) in [4.78, 5) is 65.8. The summed E-state index contributed by atoms with van der Waals surface area (Å²) in [6.45, 7) is 7.90. The zero-order chi connectivity index (χ0) is 37.9. The number of carbonyl (C=O) groups is 4. The number of ketones is 2. The minimum Gasteiger partial charge on any atom is -0.460 e. The predicted octanol–water partition coefficient (Wildman–Crippen LogP) is 5.83. The first-order valence-electron chi connectivity index (χ1n) is 18.2. The Kier molecular flexibility index (Phi) is 8.93. The number of esters is 2. The van der Waals surface area contributed by atoms with Crippen LogP contribution in [-0.4, -0.2) is 75.7 Å². The molecule has 54 heavy (non-hydrogen) atoms. The minimum absolute atomic E-state index is 0.00878. The number of ether oxygens (including phenoxy) is 4. The van der Waals surface area contributed by atoms with E-state index < -0.39 is 35.0 Å². The van der Waals surface area contributed by atoms with Crippen LogP contribution >= 0.6 is 0 Å². The number of fused-ring (bicyclic) bond motifs is 4. The summed E-state index contributed by atoms with van der Waals surface area (Å²) in [6.07, 6.45) is 0.906. The van der Waals surface area contributed by atoms with E-state index >= 15 is 0 Å². The van der Waals surface area contributed by atoms with E-state index in [4.69, 9.17) is 27.8 Å². The Morgan fingerprint density at radius 2 is 1.74 bits per heavy atom. The van der Waals surface area contributed by atoms with Crippen LogP contribution in [0.25, 0.3) is 22.1 Å². The lowest BCUT2D eigenvalue weighted by molar-refractivity contribution is -0.149. The number of hydrogen-bond donors (Lipinski definition) is 0. The predicted molar refractivity (Wildman–Crippen MR) is 195 cm³/mol. The highest BCUT2D eigenvalue weighted by Crippen LogP contribution is 2.61. The van der Waals surface area contributed by atoms with E-state index in [9.17, 15) is 24.0 Å². The third-order valence-electron chi connectivity index (χ3n) is 11.8. The Hall–Kier alpha value is -5.33. The molecule has 2 aliphatic heterocycles. The van der Waals surface area contributed by atoms with Crippen LogP contribution in [-0.2, 0) is 34.0 Å². The second-order valence-corrected chi connectivity index (χ2v) is 14.9. The molecule has 1 unspecified atom stereocenters. The fraction of sp³-hybridized carbons (Fsp3) is 0.405. The van der Waals surface area contributed by atoms with Gasteiger partial charge in [0.1, 0.15) is 35.4 Å². The molecular weight excluding hydrogens is 694 g/mol. The van der Waals surface area contributed by atoms with Crippen molar-refractivity contribution in [3.63, 3.8) is 0 Å². The van der Waals surface area contributed by atoms with Gasteiger partial charge in [-0.05, 0) is 30.5 Å². The van der Waals surface area contributed by atoms with Crippen molar-refractivity contribution in [2.24, 2.45) is 11.3 Å². The normalized spacial score (nSPS) is 27.1. The molecule has 3 aliphatic carbocycles. The Labute approximate surface area is 311 Å². The first kappa shape index (κ1) is 35.7. The van der Waals surface area contributed by atoms with Crippen LogP contribution < -0.4 is 10.3 Å². The number of carbonyl (C=O) groups excluding carboxylic acids is 4. The fourth-order valence-corrected chi connectivity index (χ4v) is 9.23. The summed E-state index contributed by atoms with van der Waals surface area (Å²) in [7, 11) is 1.50. The van der Waals surface area contributed by atoms with E-state index in [1.54, 1.807) is 6.07 Å². The molecule has 0 amide bonds. The number of methoxy groups -OCH3 is 1. The number of furan rings is 1. The molecule has 12 heteroatoms. The third kappa shape index (κ3) is 5.53. The maximum absolute atomic E-state index is 13.7. The molecule has 4 aromatic rings. The largest absolute Gasteiger partial charge is 0.460 e. The number of morpholine rings is 1. The maximum atomic E-state index is 13.7. The van der Waals surface area contributed by atoms with Crippen LogP contribution in [0, 0.1) is 11.3 Å². The van der Waals surface area contributed by atoms with Crippen LogP contribution in [0.5, 0.6) is 0 Å². The van der Waals surface area contributed by atoms with Crippen molar-refractivity contribution in [3.05, 3.63) is 99.1 Å². The Morgan fingerprint density at radius 3 is 2.46 bits per heavy atom. The van der Waals surface area contributed by atoms with Gasteiger partial charge in [0.2, 0.25) is 5.78 Å². The van der Waals surface area contributed by atoms with Crippen molar-refractivity contribution in [2.45, 2.75) is 57.7 Å². The Bertz CT molecular complexity index is 2280. The second kappa shape index (κ2) is 13.5. The molecular formula is C42H41NO11. The Morgan fingerprint density at radius 1 is 0.981 bits per heavy atom. The summed E-state index contributed by atoms with van der Waals surface area (Å²) in [6, 6.07) is 17.3. The molecule has 12 nitrogen and oxygen atoms in total. The molecule has 1 saturated carbocycles. The number of allylic oxidation sites excluding steroid dienone is 1. The molecule has 5 aliphatic rings. The second-order valence-electron chi connectivity index (χ2n) is 14.9. The number of nitrogens with zero attached hydrogens (tertiary/aromatic N) is 1. The first-order chi connectivity index (χ1) is 26.0. The molecule has 0 bridgehead atoms.